The lowest BCUT2D eigenvalue weighted by molar-refractivity contribution is -0.128. The predicted octanol–water partition coefficient (Wildman–Crippen LogP) is 2.12. The number of nitrogens with zero attached hydrogens (tertiary/aromatic N) is 1. The topological polar surface area (TPSA) is 58.6 Å². The van der Waals surface area contributed by atoms with Crippen molar-refractivity contribution in [3.63, 3.8) is 0 Å². The maximum atomic E-state index is 12.1. The third-order valence-corrected chi connectivity index (χ3v) is 2.64. The van der Waals surface area contributed by atoms with Crippen LogP contribution in [0.3, 0.4) is 0 Å². The summed E-state index contributed by atoms with van der Waals surface area (Å²) in [5.74, 6) is -0.0188. The highest BCUT2D eigenvalue weighted by Gasteiger charge is 2.39. The molecule has 1 aliphatic rings. The quantitative estimate of drug-likeness (QED) is 0.722. The largest absolute Gasteiger partial charge is 0.444 e. The molecule has 104 valence electrons. The second kappa shape index (κ2) is 4.78. The number of carbonyl (C=O) groups excluding carboxylic acids is 2. The van der Waals surface area contributed by atoms with Crippen LogP contribution < -0.4 is 5.32 Å². The Morgan fingerprint density at radius 3 is 2.28 bits per heavy atom. The molecular weight excluding hydrogens is 232 g/mol. The van der Waals surface area contributed by atoms with Crippen LogP contribution in [-0.2, 0) is 9.53 Å². The van der Waals surface area contributed by atoms with Gasteiger partial charge in [0.1, 0.15) is 11.8 Å². The normalized spacial score (nSPS) is 21.6. The van der Waals surface area contributed by atoms with Crippen molar-refractivity contribution in [2.24, 2.45) is 5.41 Å². The molecule has 0 unspecified atom stereocenters. The Bertz CT molecular complexity index is 339. The smallest absolute Gasteiger partial charge is 0.411 e. The van der Waals surface area contributed by atoms with Crippen LogP contribution in [0.15, 0.2) is 0 Å². The van der Waals surface area contributed by atoms with E-state index in [2.05, 4.69) is 5.32 Å². The molecule has 2 amide bonds. The number of amides is 2. The molecule has 1 fully saturated rings. The van der Waals surface area contributed by atoms with Gasteiger partial charge in [0, 0.05) is 18.4 Å². The van der Waals surface area contributed by atoms with Crippen LogP contribution in [0.5, 0.6) is 0 Å². The molecule has 1 atom stereocenters. The molecule has 18 heavy (non-hydrogen) atoms. The molecule has 0 saturated carbocycles. The van der Waals surface area contributed by atoms with Gasteiger partial charge in [-0.2, -0.15) is 0 Å². The van der Waals surface area contributed by atoms with E-state index < -0.39 is 5.60 Å². The average molecular weight is 256 g/mol. The van der Waals surface area contributed by atoms with Crippen LogP contribution in [0.1, 0.15) is 48.0 Å². The minimum absolute atomic E-state index is 0.0188. The van der Waals surface area contributed by atoms with E-state index in [1.807, 2.05) is 41.5 Å². The molecule has 1 saturated heterocycles. The van der Waals surface area contributed by atoms with E-state index in [0.717, 1.165) is 0 Å². The van der Waals surface area contributed by atoms with Crippen LogP contribution in [0, 0.1) is 5.41 Å². The van der Waals surface area contributed by atoms with E-state index in [0.29, 0.717) is 13.0 Å². The summed E-state index contributed by atoms with van der Waals surface area (Å²) >= 11 is 0. The third-order valence-electron chi connectivity index (χ3n) is 2.64. The molecule has 0 aromatic rings. The molecule has 5 nitrogen and oxygen atoms in total. The van der Waals surface area contributed by atoms with E-state index in [1.54, 1.807) is 4.90 Å². The maximum absolute atomic E-state index is 12.1. The van der Waals surface area contributed by atoms with Crippen LogP contribution in [0.2, 0.25) is 0 Å². The van der Waals surface area contributed by atoms with Gasteiger partial charge in [0.2, 0.25) is 5.91 Å². The Hall–Kier alpha value is -1.26. The SMILES string of the molecule is CC(C)(C)OC(=O)N1CCC(=O)N[C@H]1C(C)(C)C. The number of hydrogen-bond acceptors (Lipinski definition) is 3. The van der Waals surface area contributed by atoms with Gasteiger partial charge >= 0.3 is 6.09 Å². The molecular formula is C13H24N2O3. The standard InChI is InChI=1S/C13H24N2O3/c1-12(2,3)10-14-9(16)7-8-15(10)11(17)18-13(4,5)6/h10H,7-8H2,1-6H3,(H,14,16)/t10-/m1/s1. The highest BCUT2D eigenvalue weighted by atomic mass is 16.6. The Labute approximate surface area is 109 Å². The van der Waals surface area contributed by atoms with Gasteiger partial charge in [0.05, 0.1) is 0 Å². The number of nitrogens with one attached hydrogen (secondary N) is 1. The van der Waals surface area contributed by atoms with Gasteiger partial charge in [-0.3, -0.25) is 9.69 Å². The lowest BCUT2D eigenvalue weighted by atomic mass is 9.90. The summed E-state index contributed by atoms with van der Waals surface area (Å²) in [5.41, 5.74) is -0.756. The number of carbonyl (C=O) groups is 2. The molecule has 0 aromatic heterocycles. The zero-order valence-corrected chi connectivity index (χ0v) is 12.2. The first-order chi connectivity index (χ1) is 8.00. The summed E-state index contributed by atoms with van der Waals surface area (Å²) in [7, 11) is 0. The van der Waals surface area contributed by atoms with Gasteiger partial charge < -0.3 is 10.1 Å². The summed E-state index contributed by atoms with van der Waals surface area (Å²) < 4.78 is 5.37. The minimum atomic E-state index is -0.527. The van der Waals surface area contributed by atoms with Crippen molar-refractivity contribution in [1.29, 1.82) is 0 Å². The monoisotopic (exact) mass is 256 g/mol. The number of rotatable bonds is 0. The zero-order valence-electron chi connectivity index (χ0n) is 12.2. The summed E-state index contributed by atoms with van der Waals surface area (Å²) in [6, 6.07) is 0. The zero-order chi connectivity index (χ0) is 14.1. The first-order valence-corrected chi connectivity index (χ1v) is 6.30. The third kappa shape index (κ3) is 3.89. The molecule has 1 heterocycles. The van der Waals surface area contributed by atoms with Crippen LogP contribution in [-0.4, -0.2) is 35.2 Å². The van der Waals surface area contributed by atoms with Crippen molar-refractivity contribution in [3.8, 4) is 0 Å². The number of ether oxygens (including phenoxy) is 1. The van der Waals surface area contributed by atoms with E-state index in [4.69, 9.17) is 4.74 Å². The van der Waals surface area contributed by atoms with Crippen molar-refractivity contribution in [3.05, 3.63) is 0 Å². The fraction of sp³-hybridized carbons (Fsp3) is 0.846. The average Bonchev–Trinajstić information content (AvgIpc) is 2.13. The van der Waals surface area contributed by atoms with Crippen molar-refractivity contribution < 1.29 is 14.3 Å². The van der Waals surface area contributed by atoms with Gasteiger partial charge in [-0.05, 0) is 20.8 Å². The molecule has 1 aliphatic heterocycles. The van der Waals surface area contributed by atoms with E-state index in [9.17, 15) is 9.59 Å². The van der Waals surface area contributed by atoms with Gasteiger partial charge in [-0.15, -0.1) is 0 Å². The van der Waals surface area contributed by atoms with Crippen LogP contribution in [0.25, 0.3) is 0 Å². The van der Waals surface area contributed by atoms with Gasteiger partial charge in [0.25, 0.3) is 0 Å². The molecule has 0 bridgehead atoms. The second-order valence-corrected chi connectivity index (χ2v) is 6.76. The van der Waals surface area contributed by atoms with Crippen molar-refractivity contribution in [2.45, 2.75) is 59.7 Å². The van der Waals surface area contributed by atoms with E-state index >= 15 is 0 Å². The summed E-state index contributed by atoms with van der Waals surface area (Å²) in [6.07, 6.45) is -0.373. The molecule has 0 radical (unpaired) electrons. The van der Waals surface area contributed by atoms with Crippen molar-refractivity contribution >= 4 is 12.0 Å². The summed E-state index contributed by atoms with van der Waals surface area (Å²) in [4.78, 5) is 25.2. The van der Waals surface area contributed by atoms with Gasteiger partial charge in [0.15, 0.2) is 0 Å². The maximum Gasteiger partial charge on any atom is 0.411 e. The summed E-state index contributed by atoms with van der Waals surface area (Å²) in [6.45, 7) is 11.9. The van der Waals surface area contributed by atoms with Crippen LogP contribution >= 0.6 is 0 Å². The fourth-order valence-corrected chi connectivity index (χ4v) is 1.85. The molecule has 1 rings (SSSR count). The lowest BCUT2D eigenvalue weighted by Crippen LogP contribution is -2.61. The first-order valence-electron chi connectivity index (χ1n) is 6.30. The lowest BCUT2D eigenvalue weighted by Gasteiger charge is -2.43. The molecule has 0 spiro atoms. The van der Waals surface area contributed by atoms with Crippen molar-refractivity contribution in [1.82, 2.24) is 10.2 Å². The highest BCUT2D eigenvalue weighted by Crippen LogP contribution is 2.26. The van der Waals surface area contributed by atoms with Crippen molar-refractivity contribution in [2.75, 3.05) is 6.54 Å². The highest BCUT2D eigenvalue weighted by molar-refractivity contribution is 5.80. The Kier molecular flexibility index (Phi) is 3.93. The predicted molar refractivity (Wildman–Crippen MR) is 68.9 cm³/mol. The molecule has 0 aromatic carbocycles. The summed E-state index contributed by atoms with van der Waals surface area (Å²) in [5, 5.41) is 2.86. The van der Waals surface area contributed by atoms with Gasteiger partial charge in [-0.25, -0.2) is 4.79 Å². The Morgan fingerprint density at radius 2 is 1.83 bits per heavy atom. The van der Waals surface area contributed by atoms with Crippen LogP contribution in [0.4, 0.5) is 4.79 Å². The van der Waals surface area contributed by atoms with Gasteiger partial charge in [-0.1, -0.05) is 20.8 Å². The van der Waals surface area contributed by atoms with E-state index in [-0.39, 0.29) is 23.6 Å². The molecule has 5 heteroatoms. The Balaban J connectivity index is 2.84. The Morgan fingerprint density at radius 1 is 1.28 bits per heavy atom. The molecule has 0 aliphatic carbocycles. The first kappa shape index (κ1) is 14.8. The number of hydrogen-bond donors (Lipinski definition) is 1. The fourth-order valence-electron chi connectivity index (χ4n) is 1.85. The molecule has 1 N–H and O–H groups in total. The second-order valence-electron chi connectivity index (χ2n) is 6.76. The minimum Gasteiger partial charge on any atom is -0.444 e. The van der Waals surface area contributed by atoms with E-state index in [1.165, 1.54) is 0 Å².